The molecule has 0 saturated heterocycles. The summed E-state index contributed by atoms with van der Waals surface area (Å²) < 4.78 is 0. The molecule has 0 spiro atoms. The first kappa shape index (κ1) is 14.6. The number of nitrogens with zero attached hydrogens (tertiary/aromatic N) is 2. The fraction of sp³-hybridized carbons (Fsp3) is 0.118. The van der Waals surface area contributed by atoms with Gasteiger partial charge >= 0.3 is 6.03 Å². The predicted octanol–water partition coefficient (Wildman–Crippen LogP) is 2.55. The summed E-state index contributed by atoms with van der Waals surface area (Å²) in [6, 6.07) is 15.9. The minimum atomic E-state index is -0.362. The van der Waals surface area contributed by atoms with Gasteiger partial charge < -0.3 is 16.0 Å². The number of aliphatic imine (C=N–C) groups is 1. The third-order valence-corrected chi connectivity index (χ3v) is 3.32. The maximum Gasteiger partial charge on any atom is 0.323 e. The van der Waals surface area contributed by atoms with Crippen molar-refractivity contribution in [2.24, 2.45) is 4.99 Å². The van der Waals surface area contributed by atoms with E-state index in [-0.39, 0.29) is 6.03 Å². The molecule has 0 atom stereocenters. The van der Waals surface area contributed by atoms with E-state index in [1.54, 1.807) is 24.3 Å². The van der Waals surface area contributed by atoms with E-state index in [1.165, 1.54) is 0 Å². The molecule has 0 saturated carbocycles. The Morgan fingerprint density at radius 1 is 1.13 bits per heavy atom. The van der Waals surface area contributed by atoms with Gasteiger partial charge in [0.25, 0.3) is 0 Å². The third-order valence-electron chi connectivity index (χ3n) is 3.32. The number of amidine groups is 1. The van der Waals surface area contributed by atoms with Crippen LogP contribution in [0, 0.1) is 11.3 Å². The van der Waals surface area contributed by atoms with E-state index >= 15 is 0 Å². The average Bonchev–Trinajstić information content (AvgIpc) is 3.09. The van der Waals surface area contributed by atoms with Crippen molar-refractivity contribution in [2.75, 3.05) is 23.7 Å². The highest BCUT2D eigenvalue weighted by Crippen LogP contribution is 2.14. The molecule has 6 heteroatoms. The zero-order valence-electron chi connectivity index (χ0n) is 12.3. The number of hydrogen-bond acceptors (Lipinski definition) is 4. The fourth-order valence-corrected chi connectivity index (χ4v) is 2.30. The number of rotatable bonds is 3. The van der Waals surface area contributed by atoms with Gasteiger partial charge in [0, 0.05) is 23.5 Å². The number of hydrogen-bond donors (Lipinski definition) is 3. The molecule has 0 fully saturated rings. The molecule has 0 aliphatic carbocycles. The van der Waals surface area contributed by atoms with Crippen molar-refractivity contribution in [3.8, 4) is 6.07 Å². The lowest BCUT2D eigenvalue weighted by atomic mass is 10.2. The number of amides is 2. The van der Waals surface area contributed by atoms with Gasteiger partial charge in [-0.15, -0.1) is 0 Å². The van der Waals surface area contributed by atoms with Gasteiger partial charge in [-0.05, 0) is 30.3 Å². The molecule has 0 radical (unpaired) electrons. The summed E-state index contributed by atoms with van der Waals surface area (Å²) in [6.07, 6.45) is 0. The predicted molar refractivity (Wildman–Crippen MR) is 89.6 cm³/mol. The van der Waals surface area contributed by atoms with Crippen LogP contribution in [0.3, 0.4) is 0 Å². The molecule has 3 rings (SSSR count). The Morgan fingerprint density at radius 2 is 1.87 bits per heavy atom. The Morgan fingerprint density at radius 3 is 2.57 bits per heavy atom. The minimum Gasteiger partial charge on any atom is -0.368 e. The topological polar surface area (TPSA) is 89.3 Å². The smallest absolute Gasteiger partial charge is 0.323 e. The van der Waals surface area contributed by atoms with Crippen molar-refractivity contribution in [3.63, 3.8) is 0 Å². The fourth-order valence-electron chi connectivity index (χ4n) is 2.30. The van der Waals surface area contributed by atoms with Gasteiger partial charge in [-0.25, -0.2) is 4.79 Å². The first-order valence-electron chi connectivity index (χ1n) is 7.21. The maximum atomic E-state index is 12.1. The summed E-state index contributed by atoms with van der Waals surface area (Å²) in [6.45, 7) is 1.60. The molecular weight excluding hydrogens is 290 g/mol. The summed E-state index contributed by atoms with van der Waals surface area (Å²) in [5.74, 6) is 0.843. The number of benzene rings is 2. The van der Waals surface area contributed by atoms with Crippen LogP contribution in [0.1, 0.15) is 11.1 Å². The highest BCUT2D eigenvalue weighted by Gasteiger charge is 2.09. The number of carbonyl (C=O) groups is 1. The summed E-state index contributed by atoms with van der Waals surface area (Å²) in [4.78, 5) is 16.4. The van der Waals surface area contributed by atoms with E-state index < -0.39 is 0 Å². The highest BCUT2D eigenvalue weighted by molar-refractivity contribution is 6.03. The van der Waals surface area contributed by atoms with E-state index in [0.717, 1.165) is 24.5 Å². The van der Waals surface area contributed by atoms with Gasteiger partial charge in [0.15, 0.2) is 0 Å². The first-order valence-corrected chi connectivity index (χ1v) is 7.21. The van der Waals surface area contributed by atoms with Crippen LogP contribution in [0.5, 0.6) is 0 Å². The molecule has 0 aromatic heterocycles. The Hall–Kier alpha value is -3.33. The average molecular weight is 305 g/mol. The standard InChI is InChI=1S/C17H15N5O/c18-11-12-3-1-5-14(9-12)21-17(23)22-15-6-2-4-13(10-15)16-19-7-8-20-16/h1-6,9-10H,7-8H2,(H,19,20)(H2,21,22,23). The van der Waals surface area contributed by atoms with E-state index in [2.05, 4.69) is 20.9 Å². The minimum absolute atomic E-state index is 0.362. The molecule has 6 nitrogen and oxygen atoms in total. The van der Waals surface area contributed by atoms with E-state index in [4.69, 9.17) is 5.26 Å². The lowest BCUT2D eigenvalue weighted by Crippen LogP contribution is -2.21. The molecule has 0 unspecified atom stereocenters. The zero-order valence-corrected chi connectivity index (χ0v) is 12.3. The maximum absolute atomic E-state index is 12.1. The molecule has 2 aromatic carbocycles. The Labute approximate surface area is 133 Å². The van der Waals surface area contributed by atoms with Crippen molar-refractivity contribution in [2.45, 2.75) is 0 Å². The van der Waals surface area contributed by atoms with Crippen molar-refractivity contribution < 1.29 is 4.79 Å². The van der Waals surface area contributed by atoms with Crippen molar-refractivity contribution in [3.05, 3.63) is 59.7 Å². The van der Waals surface area contributed by atoms with Crippen LogP contribution in [-0.4, -0.2) is 25.0 Å². The number of urea groups is 1. The Bertz CT molecular complexity index is 807. The van der Waals surface area contributed by atoms with Crippen LogP contribution in [-0.2, 0) is 0 Å². The lowest BCUT2D eigenvalue weighted by Gasteiger charge is -2.09. The second kappa shape index (κ2) is 6.62. The van der Waals surface area contributed by atoms with Crippen LogP contribution in [0.4, 0.5) is 16.2 Å². The molecule has 0 bridgehead atoms. The SMILES string of the molecule is N#Cc1cccc(NC(=O)Nc2cccc(C3=NCCN3)c2)c1. The van der Waals surface area contributed by atoms with Crippen LogP contribution in [0.15, 0.2) is 53.5 Å². The quantitative estimate of drug-likeness (QED) is 0.814. The van der Waals surface area contributed by atoms with E-state index in [9.17, 15) is 4.79 Å². The molecule has 1 heterocycles. The number of carbonyl (C=O) groups excluding carboxylic acids is 1. The Kier molecular flexibility index (Phi) is 4.20. The van der Waals surface area contributed by atoms with Gasteiger partial charge in [-0.3, -0.25) is 4.99 Å². The van der Waals surface area contributed by atoms with Gasteiger partial charge in [0.1, 0.15) is 5.84 Å². The zero-order chi connectivity index (χ0) is 16.1. The van der Waals surface area contributed by atoms with Gasteiger partial charge in [0.2, 0.25) is 0 Å². The summed E-state index contributed by atoms with van der Waals surface area (Å²) in [7, 11) is 0. The van der Waals surface area contributed by atoms with Crippen molar-refractivity contribution >= 4 is 23.2 Å². The summed E-state index contributed by atoms with van der Waals surface area (Å²) >= 11 is 0. The molecule has 2 aromatic rings. The second-order valence-electron chi connectivity index (χ2n) is 5.01. The highest BCUT2D eigenvalue weighted by atomic mass is 16.2. The molecular formula is C17H15N5O. The first-order chi connectivity index (χ1) is 11.2. The lowest BCUT2D eigenvalue weighted by molar-refractivity contribution is 0.262. The normalized spacial score (nSPS) is 12.7. The number of nitriles is 1. The van der Waals surface area contributed by atoms with Crippen LogP contribution in [0.2, 0.25) is 0 Å². The molecule has 3 N–H and O–H groups in total. The molecule has 23 heavy (non-hydrogen) atoms. The number of nitrogens with one attached hydrogen (secondary N) is 3. The van der Waals surface area contributed by atoms with Crippen LogP contribution in [0.25, 0.3) is 0 Å². The molecule has 1 aliphatic heterocycles. The summed E-state index contributed by atoms with van der Waals surface area (Å²) in [5.41, 5.74) is 2.68. The Balaban J connectivity index is 1.68. The van der Waals surface area contributed by atoms with Crippen molar-refractivity contribution in [1.29, 1.82) is 5.26 Å². The van der Waals surface area contributed by atoms with Crippen LogP contribution >= 0.6 is 0 Å². The van der Waals surface area contributed by atoms with Gasteiger partial charge in [-0.1, -0.05) is 18.2 Å². The summed E-state index contributed by atoms with van der Waals surface area (Å²) in [5, 5.41) is 17.6. The van der Waals surface area contributed by atoms with E-state index in [0.29, 0.717) is 16.9 Å². The number of anilines is 2. The van der Waals surface area contributed by atoms with E-state index in [1.807, 2.05) is 30.3 Å². The molecule has 114 valence electrons. The van der Waals surface area contributed by atoms with Crippen LogP contribution < -0.4 is 16.0 Å². The second-order valence-corrected chi connectivity index (χ2v) is 5.01. The van der Waals surface area contributed by atoms with Gasteiger partial charge in [-0.2, -0.15) is 5.26 Å². The van der Waals surface area contributed by atoms with Gasteiger partial charge in [0.05, 0.1) is 18.2 Å². The van der Waals surface area contributed by atoms with Crippen molar-refractivity contribution in [1.82, 2.24) is 5.32 Å². The molecule has 2 amide bonds. The monoisotopic (exact) mass is 305 g/mol. The largest absolute Gasteiger partial charge is 0.368 e. The third kappa shape index (κ3) is 3.66. The molecule has 1 aliphatic rings.